The van der Waals surface area contributed by atoms with Crippen molar-refractivity contribution in [3.8, 4) is 5.75 Å². The van der Waals surface area contributed by atoms with Gasteiger partial charge in [-0.3, -0.25) is 0 Å². The van der Waals surface area contributed by atoms with Crippen LogP contribution in [0.1, 0.15) is 56.0 Å². The summed E-state index contributed by atoms with van der Waals surface area (Å²) in [6.07, 6.45) is 4.53. The minimum atomic E-state index is 0.0517. The zero-order valence-electron chi connectivity index (χ0n) is 19.2. The minimum absolute atomic E-state index is 0.0517. The van der Waals surface area contributed by atoms with E-state index in [1.165, 1.54) is 11.1 Å². The molecular weight excluding hydrogens is 427 g/mol. The summed E-state index contributed by atoms with van der Waals surface area (Å²) in [6, 6.07) is 7.36. The van der Waals surface area contributed by atoms with Gasteiger partial charge in [-0.2, -0.15) is 4.98 Å². The number of nitrogens with zero attached hydrogens (tertiary/aromatic N) is 4. The SMILES string of the molecule is CC(C)c1noc(N2CCC(CCOc3ccc4c(c3)CCN(SP(C)C)C4)CC2)n1. The Kier molecular flexibility index (Phi) is 7.78. The van der Waals surface area contributed by atoms with E-state index >= 15 is 0 Å². The van der Waals surface area contributed by atoms with Crippen LogP contribution in [0.4, 0.5) is 6.01 Å². The van der Waals surface area contributed by atoms with Gasteiger partial charge >= 0.3 is 6.01 Å². The van der Waals surface area contributed by atoms with Gasteiger partial charge in [-0.25, -0.2) is 4.31 Å². The van der Waals surface area contributed by atoms with Crippen molar-refractivity contribution in [1.29, 1.82) is 0 Å². The zero-order chi connectivity index (χ0) is 21.8. The van der Waals surface area contributed by atoms with E-state index in [1.54, 1.807) is 0 Å². The van der Waals surface area contributed by atoms with Gasteiger partial charge in [0.15, 0.2) is 5.82 Å². The third kappa shape index (κ3) is 6.15. The fraction of sp³-hybridized carbons (Fsp3) is 0.652. The molecule has 0 amide bonds. The number of aromatic nitrogens is 2. The van der Waals surface area contributed by atoms with Gasteiger partial charge < -0.3 is 14.2 Å². The van der Waals surface area contributed by atoms with Crippen LogP contribution in [0.15, 0.2) is 22.7 Å². The fourth-order valence-corrected chi connectivity index (χ4v) is 6.88. The highest BCUT2D eigenvalue weighted by Gasteiger charge is 2.24. The first-order valence-electron chi connectivity index (χ1n) is 11.4. The number of hydrogen-bond acceptors (Lipinski definition) is 7. The molecule has 0 spiro atoms. The van der Waals surface area contributed by atoms with Gasteiger partial charge in [0.25, 0.3) is 0 Å². The first kappa shape index (κ1) is 22.9. The number of anilines is 1. The molecule has 1 aromatic carbocycles. The second kappa shape index (κ2) is 10.5. The normalized spacial score (nSPS) is 18.1. The van der Waals surface area contributed by atoms with E-state index < -0.39 is 0 Å². The van der Waals surface area contributed by atoms with Crippen LogP contribution < -0.4 is 9.64 Å². The lowest BCUT2D eigenvalue weighted by atomic mass is 9.94. The van der Waals surface area contributed by atoms with E-state index in [1.807, 2.05) is 11.6 Å². The molecular formula is C23H35N4O2PS. The van der Waals surface area contributed by atoms with E-state index in [-0.39, 0.29) is 7.12 Å². The molecule has 0 N–H and O–H groups in total. The smallest absolute Gasteiger partial charge is 0.324 e. The molecule has 2 aromatic rings. The van der Waals surface area contributed by atoms with E-state index in [0.717, 1.165) is 70.0 Å². The average Bonchev–Trinajstić information content (AvgIpc) is 3.25. The van der Waals surface area contributed by atoms with Crippen LogP contribution in [0.2, 0.25) is 0 Å². The molecule has 2 aliphatic rings. The maximum absolute atomic E-state index is 6.14. The predicted octanol–water partition coefficient (Wildman–Crippen LogP) is 5.54. The van der Waals surface area contributed by atoms with Gasteiger partial charge in [-0.15, -0.1) is 0 Å². The Hall–Kier alpha value is -1.30. The second-order valence-electron chi connectivity index (χ2n) is 9.10. The lowest BCUT2D eigenvalue weighted by molar-refractivity contribution is 0.255. The highest BCUT2D eigenvalue weighted by Crippen LogP contribution is 2.46. The fourth-order valence-electron chi connectivity index (χ4n) is 4.24. The number of fused-ring (bicyclic) bond motifs is 1. The maximum atomic E-state index is 6.14. The average molecular weight is 463 g/mol. The monoisotopic (exact) mass is 462 g/mol. The molecule has 3 heterocycles. The highest BCUT2D eigenvalue weighted by atomic mass is 32.7. The van der Waals surface area contributed by atoms with Crippen molar-refractivity contribution in [2.24, 2.45) is 5.92 Å². The Labute approximate surface area is 191 Å². The van der Waals surface area contributed by atoms with Gasteiger partial charge in [-0.1, -0.05) is 36.6 Å². The van der Waals surface area contributed by atoms with Gasteiger partial charge in [0.05, 0.1) is 6.61 Å². The molecule has 0 bridgehead atoms. The Morgan fingerprint density at radius 3 is 2.71 bits per heavy atom. The Balaban J connectivity index is 1.20. The summed E-state index contributed by atoms with van der Waals surface area (Å²) in [5.74, 6) is 2.82. The van der Waals surface area contributed by atoms with Gasteiger partial charge in [0, 0.05) is 32.1 Å². The Bertz CT molecular complexity index is 852. The standard InChI is InChI=1S/C23H35N4O2PS/c1-17(2)22-24-23(29-25-22)26-11-7-18(8-12-26)10-14-28-21-6-5-20-16-27(31-30(3)4)13-9-19(20)15-21/h5-6,15,17-18H,7-14,16H2,1-4H3. The van der Waals surface area contributed by atoms with Crippen LogP contribution in [-0.2, 0) is 13.0 Å². The summed E-state index contributed by atoms with van der Waals surface area (Å²) in [7, 11) is 0.0517. The summed E-state index contributed by atoms with van der Waals surface area (Å²) < 4.78 is 14.1. The molecule has 8 heteroatoms. The van der Waals surface area contributed by atoms with E-state index in [9.17, 15) is 0 Å². The van der Waals surface area contributed by atoms with E-state index in [2.05, 4.69) is 64.7 Å². The third-order valence-corrected chi connectivity index (χ3v) is 8.60. The summed E-state index contributed by atoms with van der Waals surface area (Å²) in [4.78, 5) is 6.76. The molecule has 0 radical (unpaired) electrons. The molecule has 1 fully saturated rings. The van der Waals surface area contributed by atoms with Gasteiger partial charge in [0.2, 0.25) is 0 Å². The molecule has 0 aliphatic carbocycles. The topological polar surface area (TPSA) is 54.6 Å². The van der Waals surface area contributed by atoms with E-state index in [0.29, 0.717) is 17.9 Å². The second-order valence-corrected chi connectivity index (χ2v) is 14.1. The number of ether oxygens (including phenoxy) is 1. The van der Waals surface area contributed by atoms with Crippen molar-refractivity contribution >= 4 is 24.7 Å². The molecule has 31 heavy (non-hydrogen) atoms. The van der Waals surface area contributed by atoms with Crippen molar-refractivity contribution in [1.82, 2.24) is 14.4 Å². The van der Waals surface area contributed by atoms with Crippen molar-refractivity contribution in [2.45, 2.75) is 52.0 Å². The van der Waals surface area contributed by atoms with Crippen LogP contribution in [-0.4, -0.2) is 54.0 Å². The van der Waals surface area contributed by atoms with Crippen molar-refractivity contribution in [3.63, 3.8) is 0 Å². The summed E-state index contributed by atoms with van der Waals surface area (Å²) in [5, 5.41) is 4.09. The summed E-state index contributed by atoms with van der Waals surface area (Å²) >= 11 is 2.02. The third-order valence-electron chi connectivity index (χ3n) is 6.06. The van der Waals surface area contributed by atoms with E-state index in [4.69, 9.17) is 9.26 Å². The van der Waals surface area contributed by atoms with Gasteiger partial charge in [-0.05, 0) is 75.3 Å². The molecule has 1 aromatic heterocycles. The van der Waals surface area contributed by atoms with Crippen molar-refractivity contribution in [3.05, 3.63) is 35.2 Å². The summed E-state index contributed by atoms with van der Waals surface area (Å²) in [5.41, 5.74) is 2.91. The van der Waals surface area contributed by atoms with Crippen molar-refractivity contribution < 1.29 is 9.26 Å². The first-order valence-corrected chi connectivity index (χ1v) is 15.0. The molecule has 0 atom stereocenters. The molecule has 0 unspecified atom stereocenters. The van der Waals surface area contributed by atoms with Crippen molar-refractivity contribution in [2.75, 3.05) is 44.5 Å². The number of rotatable bonds is 8. The highest BCUT2D eigenvalue weighted by molar-refractivity contribution is 8.54. The Morgan fingerprint density at radius 1 is 1.19 bits per heavy atom. The minimum Gasteiger partial charge on any atom is -0.494 e. The quantitative estimate of drug-likeness (QED) is 0.377. The maximum Gasteiger partial charge on any atom is 0.324 e. The molecule has 1 saturated heterocycles. The predicted molar refractivity (Wildman–Crippen MR) is 130 cm³/mol. The molecule has 0 saturated carbocycles. The summed E-state index contributed by atoms with van der Waals surface area (Å²) in [6.45, 7) is 13.8. The van der Waals surface area contributed by atoms with Gasteiger partial charge in [0.1, 0.15) is 5.75 Å². The van der Waals surface area contributed by atoms with Crippen LogP contribution in [0.25, 0.3) is 0 Å². The zero-order valence-corrected chi connectivity index (χ0v) is 20.9. The first-order chi connectivity index (χ1) is 15.0. The molecule has 4 rings (SSSR count). The number of piperidine rings is 1. The van der Waals surface area contributed by atoms with Crippen LogP contribution >= 0.6 is 18.7 Å². The lowest BCUT2D eigenvalue weighted by Gasteiger charge is -2.30. The number of hydrogen-bond donors (Lipinski definition) is 0. The van der Waals surface area contributed by atoms with Crippen LogP contribution in [0, 0.1) is 5.92 Å². The van der Waals surface area contributed by atoms with Crippen LogP contribution in [0.5, 0.6) is 5.75 Å². The lowest BCUT2D eigenvalue weighted by Crippen LogP contribution is -2.34. The molecule has 2 aliphatic heterocycles. The molecule has 170 valence electrons. The number of benzene rings is 1. The van der Waals surface area contributed by atoms with Crippen LogP contribution in [0.3, 0.4) is 0 Å². The Morgan fingerprint density at radius 2 is 2.00 bits per heavy atom. The largest absolute Gasteiger partial charge is 0.494 e. The molecule has 6 nitrogen and oxygen atoms in total.